The first kappa shape index (κ1) is 33.9. The van der Waals surface area contributed by atoms with Crippen molar-refractivity contribution in [1.29, 1.82) is 0 Å². The molecular weight excluding hydrogens is 612 g/mol. The fourth-order valence-corrected chi connectivity index (χ4v) is 6.17. The SMILES string of the molecule is C=C/C=C/C1(C)CCN(c2c(C(OC(C)(C)C)C(=O)O)c(C)nc3cc(-c4cccc(-c5cc(Cl)ccc5OCC=C)c4)nn23)CC1. The number of hydrogen-bond acceptors (Lipinski definition) is 6. The van der Waals surface area contributed by atoms with Gasteiger partial charge in [0, 0.05) is 41.0 Å². The quantitative estimate of drug-likeness (QED) is 0.128. The number of piperidine rings is 1. The summed E-state index contributed by atoms with van der Waals surface area (Å²) in [6.07, 6.45) is 8.24. The number of allylic oxidation sites excluding steroid dienone is 3. The maximum Gasteiger partial charge on any atom is 0.337 e. The largest absolute Gasteiger partial charge is 0.489 e. The van der Waals surface area contributed by atoms with E-state index in [0.29, 0.717) is 58.9 Å². The number of ether oxygens (including phenoxy) is 2. The number of hydrogen-bond donors (Lipinski definition) is 1. The standard InChI is InChI=1S/C38H43ClN4O4/c1-8-10-16-38(7)17-19-42(20-18-38)35-33(34(36(44)45)47-37(4,5)6)25(3)40-32-24-30(41-43(32)35)27-13-11-12-26(22-27)29-23-28(39)14-15-31(29)46-21-9-2/h8-16,22-24,34H,1-2,17-21H2,3-7H3,(H,44,45)/b16-10+. The van der Waals surface area contributed by atoms with Gasteiger partial charge in [-0.1, -0.05) is 74.2 Å². The van der Waals surface area contributed by atoms with Crippen molar-refractivity contribution < 1.29 is 19.4 Å². The van der Waals surface area contributed by atoms with Crippen LogP contribution < -0.4 is 9.64 Å². The number of halogens is 1. The number of carboxylic acid groups (broad SMARTS) is 1. The van der Waals surface area contributed by atoms with Crippen LogP contribution in [0.25, 0.3) is 28.0 Å². The van der Waals surface area contributed by atoms with E-state index in [0.717, 1.165) is 29.5 Å². The monoisotopic (exact) mass is 654 g/mol. The topological polar surface area (TPSA) is 89.2 Å². The summed E-state index contributed by atoms with van der Waals surface area (Å²) in [6.45, 7) is 19.0. The van der Waals surface area contributed by atoms with Crippen molar-refractivity contribution in [2.75, 3.05) is 24.6 Å². The van der Waals surface area contributed by atoms with Crippen molar-refractivity contribution in [1.82, 2.24) is 14.6 Å². The molecule has 1 fully saturated rings. The number of carbonyl (C=O) groups is 1. The Morgan fingerprint density at radius 3 is 2.51 bits per heavy atom. The zero-order valence-corrected chi connectivity index (χ0v) is 28.6. The molecule has 1 unspecified atom stereocenters. The Labute approximate surface area is 282 Å². The molecule has 1 saturated heterocycles. The van der Waals surface area contributed by atoms with Crippen LogP contribution in [0.1, 0.15) is 57.9 Å². The average molecular weight is 655 g/mol. The number of aromatic nitrogens is 3. The molecule has 4 aromatic rings. The van der Waals surface area contributed by atoms with Crippen molar-refractivity contribution in [3.05, 3.63) is 102 Å². The Bertz CT molecular complexity index is 1830. The van der Waals surface area contributed by atoms with Gasteiger partial charge in [0.2, 0.25) is 0 Å². The normalized spacial score (nSPS) is 15.6. The van der Waals surface area contributed by atoms with Crippen molar-refractivity contribution in [2.45, 2.75) is 59.2 Å². The molecule has 2 aromatic heterocycles. The van der Waals surface area contributed by atoms with Gasteiger partial charge in [-0.2, -0.15) is 9.61 Å². The van der Waals surface area contributed by atoms with Crippen LogP contribution in [-0.2, 0) is 9.53 Å². The second kappa shape index (κ2) is 13.8. The molecule has 246 valence electrons. The zero-order valence-electron chi connectivity index (χ0n) is 27.8. The molecule has 5 rings (SSSR count). The number of carboxylic acids is 1. The van der Waals surface area contributed by atoms with E-state index in [-0.39, 0.29) is 5.41 Å². The molecule has 9 heteroatoms. The van der Waals surface area contributed by atoms with E-state index >= 15 is 0 Å². The number of fused-ring (bicyclic) bond motifs is 1. The van der Waals surface area contributed by atoms with Crippen LogP contribution in [0.4, 0.5) is 5.82 Å². The van der Waals surface area contributed by atoms with Crippen LogP contribution >= 0.6 is 11.6 Å². The lowest BCUT2D eigenvalue weighted by molar-refractivity contribution is -0.160. The van der Waals surface area contributed by atoms with Crippen molar-refractivity contribution in [3.8, 4) is 28.1 Å². The van der Waals surface area contributed by atoms with E-state index in [1.54, 1.807) is 22.7 Å². The molecule has 0 spiro atoms. The summed E-state index contributed by atoms with van der Waals surface area (Å²) in [6, 6.07) is 15.5. The second-order valence-corrected chi connectivity index (χ2v) is 13.7. The van der Waals surface area contributed by atoms with Gasteiger partial charge in [0.1, 0.15) is 18.2 Å². The molecule has 0 radical (unpaired) electrons. The minimum absolute atomic E-state index is 0.00441. The van der Waals surface area contributed by atoms with Crippen molar-refractivity contribution in [3.63, 3.8) is 0 Å². The van der Waals surface area contributed by atoms with Gasteiger partial charge in [-0.3, -0.25) is 0 Å². The van der Waals surface area contributed by atoms with E-state index in [2.05, 4.69) is 31.1 Å². The summed E-state index contributed by atoms with van der Waals surface area (Å²) >= 11 is 6.40. The minimum Gasteiger partial charge on any atom is -0.489 e. The van der Waals surface area contributed by atoms with E-state index in [4.69, 9.17) is 31.2 Å². The average Bonchev–Trinajstić information content (AvgIpc) is 3.45. The summed E-state index contributed by atoms with van der Waals surface area (Å²) in [5.41, 5.74) is 4.36. The molecule has 0 amide bonds. The highest BCUT2D eigenvalue weighted by Crippen LogP contribution is 2.40. The highest BCUT2D eigenvalue weighted by molar-refractivity contribution is 6.31. The lowest BCUT2D eigenvalue weighted by Gasteiger charge is -2.40. The number of nitrogens with zero attached hydrogens (tertiary/aromatic N) is 4. The number of anilines is 1. The Balaban J connectivity index is 1.65. The summed E-state index contributed by atoms with van der Waals surface area (Å²) < 4.78 is 13.9. The third kappa shape index (κ3) is 7.61. The van der Waals surface area contributed by atoms with Crippen LogP contribution in [0.5, 0.6) is 5.75 Å². The van der Waals surface area contributed by atoms with Crippen molar-refractivity contribution in [2.24, 2.45) is 5.41 Å². The van der Waals surface area contributed by atoms with E-state index < -0.39 is 17.7 Å². The predicted octanol–water partition coefficient (Wildman–Crippen LogP) is 8.88. The first-order valence-corrected chi connectivity index (χ1v) is 16.2. The molecule has 1 N–H and O–H groups in total. The van der Waals surface area contributed by atoms with E-state index in [1.807, 2.05) is 76.2 Å². The zero-order chi connectivity index (χ0) is 33.9. The van der Waals surface area contributed by atoms with Crippen LogP contribution in [0, 0.1) is 12.3 Å². The Hall–Kier alpha value is -4.40. The fourth-order valence-electron chi connectivity index (χ4n) is 6.00. The van der Waals surface area contributed by atoms with Crippen LogP contribution in [0.15, 0.2) is 86.0 Å². The lowest BCUT2D eigenvalue weighted by Crippen LogP contribution is -2.40. The van der Waals surface area contributed by atoms with Crippen molar-refractivity contribution >= 4 is 29.0 Å². The number of aryl methyl sites for hydroxylation is 1. The highest BCUT2D eigenvalue weighted by atomic mass is 35.5. The van der Waals surface area contributed by atoms with Gasteiger partial charge >= 0.3 is 5.97 Å². The molecular formula is C38H43ClN4O4. The molecule has 1 atom stereocenters. The maximum absolute atomic E-state index is 12.8. The molecule has 0 aliphatic carbocycles. The number of rotatable bonds is 11. The van der Waals surface area contributed by atoms with E-state index in [1.165, 1.54) is 0 Å². The first-order valence-electron chi connectivity index (χ1n) is 15.8. The molecule has 1 aliphatic heterocycles. The summed E-state index contributed by atoms with van der Waals surface area (Å²) in [5, 5.41) is 16.1. The Kier molecular flexibility index (Phi) is 9.94. The summed E-state index contributed by atoms with van der Waals surface area (Å²) in [5.74, 6) is 0.317. The van der Waals surface area contributed by atoms with Gasteiger partial charge in [0.05, 0.1) is 16.9 Å². The number of benzene rings is 2. The first-order chi connectivity index (χ1) is 22.3. The minimum atomic E-state index is -1.23. The predicted molar refractivity (Wildman–Crippen MR) is 189 cm³/mol. The second-order valence-electron chi connectivity index (χ2n) is 13.2. The molecule has 3 heterocycles. The third-order valence-electron chi connectivity index (χ3n) is 8.37. The maximum atomic E-state index is 12.8. The Morgan fingerprint density at radius 1 is 1.13 bits per heavy atom. The molecule has 2 aromatic carbocycles. The molecule has 47 heavy (non-hydrogen) atoms. The number of aliphatic carboxylic acids is 1. The molecule has 0 saturated carbocycles. The van der Waals surface area contributed by atoms with Gasteiger partial charge in [-0.05, 0) is 75.8 Å². The molecule has 1 aliphatic rings. The van der Waals surface area contributed by atoms with Gasteiger partial charge in [0.15, 0.2) is 11.8 Å². The summed E-state index contributed by atoms with van der Waals surface area (Å²) in [4.78, 5) is 19.9. The summed E-state index contributed by atoms with van der Waals surface area (Å²) in [7, 11) is 0. The fraction of sp³-hybridized carbons (Fsp3) is 0.342. The molecule has 8 nitrogen and oxygen atoms in total. The Morgan fingerprint density at radius 2 is 1.85 bits per heavy atom. The van der Waals surface area contributed by atoms with Gasteiger partial charge in [-0.25, -0.2) is 9.78 Å². The van der Waals surface area contributed by atoms with Gasteiger partial charge in [0.25, 0.3) is 0 Å². The molecule has 0 bridgehead atoms. The van der Waals surface area contributed by atoms with Gasteiger partial charge in [-0.15, -0.1) is 0 Å². The van der Waals surface area contributed by atoms with Crippen LogP contribution in [0.2, 0.25) is 5.02 Å². The van der Waals surface area contributed by atoms with Gasteiger partial charge < -0.3 is 19.5 Å². The van der Waals surface area contributed by atoms with Crippen LogP contribution in [0.3, 0.4) is 0 Å². The smallest absolute Gasteiger partial charge is 0.337 e. The lowest BCUT2D eigenvalue weighted by atomic mass is 9.80. The third-order valence-corrected chi connectivity index (χ3v) is 8.60. The highest BCUT2D eigenvalue weighted by Gasteiger charge is 2.37. The van der Waals surface area contributed by atoms with Crippen LogP contribution in [-0.4, -0.2) is 51.0 Å². The van der Waals surface area contributed by atoms with E-state index in [9.17, 15) is 9.90 Å².